The number of nitrogens with one attached hydrogen (secondary N) is 1. The van der Waals surface area contributed by atoms with Gasteiger partial charge in [-0.1, -0.05) is 20.8 Å². The van der Waals surface area contributed by atoms with Gasteiger partial charge < -0.3 is 15.5 Å². The summed E-state index contributed by atoms with van der Waals surface area (Å²) in [5.74, 6) is 0.822. The zero-order valence-corrected chi connectivity index (χ0v) is 15.3. The molecule has 1 aromatic rings. The Kier molecular flexibility index (Phi) is 4.87. The number of hydrogen-bond donors (Lipinski definition) is 3. The van der Waals surface area contributed by atoms with Crippen LogP contribution >= 0.6 is 0 Å². The van der Waals surface area contributed by atoms with Crippen molar-refractivity contribution in [3.63, 3.8) is 0 Å². The summed E-state index contributed by atoms with van der Waals surface area (Å²) in [7, 11) is 0. The van der Waals surface area contributed by atoms with Crippen molar-refractivity contribution in [1.82, 2.24) is 15.2 Å². The molecule has 3 rings (SSSR count). The molecule has 0 bridgehead atoms. The molecule has 5 nitrogen and oxygen atoms in total. The summed E-state index contributed by atoms with van der Waals surface area (Å²) in [6.07, 6.45) is 1.55. The third-order valence-corrected chi connectivity index (χ3v) is 5.90. The second-order valence-corrected chi connectivity index (χ2v) is 8.00. The minimum Gasteiger partial charge on any atom is -0.506 e. The van der Waals surface area contributed by atoms with E-state index in [4.69, 9.17) is 0 Å². The summed E-state index contributed by atoms with van der Waals surface area (Å²) in [5, 5.41) is 24.0. The molecule has 1 spiro atoms. The number of aliphatic hydroxyl groups excluding tert-OH is 1. The van der Waals surface area contributed by atoms with Gasteiger partial charge in [0.05, 0.1) is 11.8 Å². The Morgan fingerprint density at radius 2 is 2.12 bits per heavy atom. The molecule has 2 fully saturated rings. The van der Waals surface area contributed by atoms with Crippen LogP contribution in [-0.2, 0) is 6.54 Å². The second kappa shape index (κ2) is 6.62. The largest absolute Gasteiger partial charge is 0.506 e. The van der Waals surface area contributed by atoms with Crippen LogP contribution in [0.25, 0.3) is 0 Å². The smallest absolute Gasteiger partial charge is 0.138 e. The topological polar surface area (TPSA) is 68.6 Å². The first kappa shape index (κ1) is 17.6. The van der Waals surface area contributed by atoms with Crippen molar-refractivity contribution in [3.05, 3.63) is 23.5 Å². The zero-order chi connectivity index (χ0) is 17.5. The highest BCUT2D eigenvalue weighted by atomic mass is 16.3. The first-order valence-corrected chi connectivity index (χ1v) is 9.17. The van der Waals surface area contributed by atoms with Crippen LogP contribution in [0.4, 0.5) is 0 Å². The lowest BCUT2D eigenvalue weighted by atomic mass is 9.65. The van der Waals surface area contributed by atoms with E-state index in [-0.39, 0.29) is 23.3 Å². The van der Waals surface area contributed by atoms with Gasteiger partial charge in [0.15, 0.2) is 0 Å². The fourth-order valence-electron chi connectivity index (χ4n) is 5.06. The minimum atomic E-state index is -0.322. The minimum absolute atomic E-state index is 0.0759. The van der Waals surface area contributed by atoms with Crippen molar-refractivity contribution >= 4 is 0 Å². The van der Waals surface area contributed by atoms with E-state index in [1.165, 1.54) is 0 Å². The van der Waals surface area contributed by atoms with Crippen molar-refractivity contribution in [2.75, 3.05) is 13.1 Å². The maximum Gasteiger partial charge on any atom is 0.138 e. The van der Waals surface area contributed by atoms with Gasteiger partial charge in [0.2, 0.25) is 0 Å². The van der Waals surface area contributed by atoms with Crippen LogP contribution in [0.2, 0.25) is 0 Å². The first-order chi connectivity index (χ1) is 11.4. The van der Waals surface area contributed by atoms with Crippen LogP contribution in [0, 0.1) is 18.3 Å². The molecule has 0 radical (unpaired) electrons. The Bertz CT molecular complexity index is 592. The molecule has 4 atom stereocenters. The Hall–Kier alpha value is -1.17. The number of aliphatic hydroxyl groups is 1. The quantitative estimate of drug-likeness (QED) is 0.769. The van der Waals surface area contributed by atoms with Gasteiger partial charge in [0, 0.05) is 36.3 Å². The molecule has 2 unspecified atom stereocenters. The zero-order valence-electron chi connectivity index (χ0n) is 15.3. The van der Waals surface area contributed by atoms with Gasteiger partial charge in [-0.05, 0) is 44.4 Å². The van der Waals surface area contributed by atoms with Crippen molar-refractivity contribution in [2.24, 2.45) is 11.3 Å². The van der Waals surface area contributed by atoms with E-state index in [9.17, 15) is 10.2 Å². The predicted octanol–water partition coefficient (Wildman–Crippen LogP) is 2.06. The van der Waals surface area contributed by atoms with Gasteiger partial charge in [-0.25, -0.2) is 0 Å². The van der Waals surface area contributed by atoms with E-state index < -0.39 is 0 Å². The number of aryl methyl sites for hydroxylation is 1. The maximum atomic E-state index is 10.6. The van der Waals surface area contributed by atoms with Crippen molar-refractivity contribution in [1.29, 1.82) is 0 Å². The van der Waals surface area contributed by atoms with Crippen molar-refractivity contribution in [2.45, 2.75) is 65.3 Å². The molecule has 1 saturated carbocycles. The van der Waals surface area contributed by atoms with E-state index in [1.54, 1.807) is 12.1 Å². The molecule has 1 saturated heterocycles. The number of hydrogen-bond acceptors (Lipinski definition) is 5. The predicted molar refractivity (Wildman–Crippen MR) is 94.8 cm³/mol. The fraction of sp³-hybridized carbons (Fsp3) is 0.737. The molecule has 2 heterocycles. The lowest BCUT2D eigenvalue weighted by Crippen LogP contribution is -2.65. The molecule has 3 N–H and O–H groups in total. The highest BCUT2D eigenvalue weighted by molar-refractivity contribution is 5.27. The van der Waals surface area contributed by atoms with Crippen LogP contribution < -0.4 is 5.32 Å². The van der Waals surface area contributed by atoms with Gasteiger partial charge in [0.1, 0.15) is 5.75 Å². The van der Waals surface area contributed by atoms with Crippen LogP contribution in [0.3, 0.4) is 0 Å². The summed E-state index contributed by atoms with van der Waals surface area (Å²) < 4.78 is 0. The van der Waals surface area contributed by atoms with E-state index in [0.29, 0.717) is 24.2 Å². The number of aromatic hydroxyl groups is 1. The van der Waals surface area contributed by atoms with Gasteiger partial charge in [-0.15, -0.1) is 0 Å². The molecule has 1 aromatic heterocycles. The Labute approximate surface area is 145 Å². The summed E-state index contributed by atoms with van der Waals surface area (Å²) in [6.45, 7) is 11.4. The summed E-state index contributed by atoms with van der Waals surface area (Å²) in [5.41, 5.74) is 1.79. The van der Waals surface area contributed by atoms with Crippen LogP contribution in [0.1, 0.15) is 45.0 Å². The summed E-state index contributed by atoms with van der Waals surface area (Å²) >= 11 is 0. The van der Waals surface area contributed by atoms with Gasteiger partial charge in [-0.3, -0.25) is 9.88 Å². The SMILES string of the molecule is CCN1CC2(C[C@@H](O)[C@H](NCc3nc(C)ccc3O)C2)C1C(C)C. The van der Waals surface area contributed by atoms with Crippen LogP contribution in [0.15, 0.2) is 12.1 Å². The maximum absolute atomic E-state index is 10.6. The second-order valence-electron chi connectivity index (χ2n) is 8.00. The Morgan fingerprint density at radius 1 is 1.38 bits per heavy atom. The van der Waals surface area contributed by atoms with E-state index >= 15 is 0 Å². The number of likely N-dealkylation sites (tertiary alicyclic amines) is 1. The molecular weight excluding hydrogens is 302 g/mol. The van der Waals surface area contributed by atoms with Crippen LogP contribution in [0.5, 0.6) is 5.75 Å². The van der Waals surface area contributed by atoms with Gasteiger partial charge in [0.25, 0.3) is 0 Å². The van der Waals surface area contributed by atoms with E-state index in [1.807, 2.05) is 6.92 Å². The molecule has 0 aromatic carbocycles. The molecule has 24 heavy (non-hydrogen) atoms. The first-order valence-electron chi connectivity index (χ1n) is 9.17. The molecule has 0 amide bonds. The fourth-order valence-corrected chi connectivity index (χ4v) is 5.06. The molecule has 1 aliphatic heterocycles. The average Bonchev–Trinajstić information content (AvgIpc) is 2.83. The van der Waals surface area contributed by atoms with E-state index in [0.717, 1.165) is 31.6 Å². The lowest BCUT2D eigenvalue weighted by Gasteiger charge is -2.58. The molecule has 5 heteroatoms. The molecule has 1 aliphatic carbocycles. The lowest BCUT2D eigenvalue weighted by molar-refractivity contribution is -0.0964. The Balaban J connectivity index is 1.65. The third kappa shape index (κ3) is 3.05. The third-order valence-electron chi connectivity index (χ3n) is 5.90. The van der Waals surface area contributed by atoms with Crippen LogP contribution in [-0.4, -0.2) is 51.4 Å². The van der Waals surface area contributed by atoms with Crippen molar-refractivity contribution in [3.8, 4) is 5.75 Å². The van der Waals surface area contributed by atoms with Gasteiger partial charge in [-0.2, -0.15) is 0 Å². The average molecular weight is 333 g/mol. The normalized spacial score (nSPS) is 33.3. The number of pyridine rings is 1. The van der Waals surface area contributed by atoms with Gasteiger partial charge >= 0.3 is 0 Å². The summed E-state index contributed by atoms with van der Waals surface area (Å²) in [6, 6.07) is 4.13. The molecule has 134 valence electrons. The number of rotatable bonds is 5. The molecule has 2 aliphatic rings. The Morgan fingerprint density at radius 3 is 2.79 bits per heavy atom. The van der Waals surface area contributed by atoms with Crippen molar-refractivity contribution < 1.29 is 10.2 Å². The standard InChI is InChI=1S/C19H31N3O2/c1-5-22-11-19(18(22)12(2)3)8-14(17(24)9-19)20-10-15-16(23)7-6-13(4)21-15/h6-7,12,14,17-18,20,23-24H,5,8-11H2,1-4H3/t14-,17-,18?,19?/m1/s1. The molecular formula is C19H31N3O2. The summed E-state index contributed by atoms with van der Waals surface area (Å²) in [4.78, 5) is 6.93. The van der Waals surface area contributed by atoms with E-state index in [2.05, 4.69) is 36.0 Å². The number of aromatic nitrogens is 1. The highest BCUT2D eigenvalue weighted by Crippen LogP contribution is 2.52. The number of nitrogens with zero attached hydrogens (tertiary/aromatic N) is 2. The monoisotopic (exact) mass is 333 g/mol. The highest BCUT2D eigenvalue weighted by Gasteiger charge is 2.58.